The number of aromatic nitrogens is 1. The topological polar surface area (TPSA) is 54.5 Å². The molecule has 5 nitrogen and oxygen atoms in total. The van der Waals surface area contributed by atoms with Gasteiger partial charge >= 0.3 is 5.97 Å². The highest BCUT2D eigenvalue weighted by molar-refractivity contribution is 7.13. The predicted octanol–water partition coefficient (Wildman–Crippen LogP) is 1.44. The Morgan fingerprint density at radius 3 is 3.12 bits per heavy atom. The van der Waals surface area contributed by atoms with Crippen LogP contribution >= 0.6 is 11.3 Å². The lowest BCUT2D eigenvalue weighted by atomic mass is 10.5. The minimum absolute atomic E-state index is 0.371. The van der Waals surface area contributed by atoms with E-state index in [1.54, 1.807) is 5.38 Å². The Labute approximate surface area is 105 Å². The van der Waals surface area contributed by atoms with Crippen molar-refractivity contribution in [3.05, 3.63) is 11.1 Å². The molecule has 0 atom stereocenters. The average Bonchev–Trinajstić information content (AvgIpc) is 3.08. The van der Waals surface area contributed by atoms with E-state index in [0.29, 0.717) is 5.69 Å². The maximum atomic E-state index is 11.2. The number of carbonyl (C=O) groups is 1. The quantitative estimate of drug-likeness (QED) is 0.779. The number of nitrogens with one attached hydrogen (secondary N) is 1. The SMILES string of the molecule is COC(=O)c1csc(NCCN(C)C2CC2)n1. The molecule has 0 bridgehead atoms. The van der Waals surface area contributed by atoms with E-state index in [9.17, 15) is 4.79 Å². The van der Waals surface area contributed by atoms with Crippen LogP contribution in [0.3, 0.4) is 0 Å². The molecule has 0 saturated heterocycles. The minimum atomic E-state index is -0.385. The third-order valence-corrected chi connectivity index (χ3v) is 3.61. The van der Waals surface area contributed by atoms with E-state index in [4.69, 9.17) is 0 Å². The van der Waals surface area contributed by atoms with Crippen molar-refractivity contribution >= 4 is 22.4 Å². The van der Waals surface area contributed by atoms with Crippen molar-refractivity contribution in [3.8, 4) is 0 Å². The van der Waals surface area contributed by atoms with Gasteiger partial charge in [0.1, 0.15) is 0 Å². The zero-order valence-corrected chi connectivity index (χ0v) is 10.9. The van der Waals surface area contributed by atoms with Crippen molar-refractivity contribution in [2.45, 2.75) is 18.9 Å². The highest BCUT2D eigenvalue weighted by Crippen LogP contribution is 2.24. The molecule has 0 aromatic carbocycles. The second-order valence-electron chi connectivity index (χ2n) is 4.17. The van der Waals surface area contributed by atoms with Gasteiger partial charge < -0.3 is 15.0 Å². The van der Waals surface area contributed by atoms with Crippen molar-refractivity contribution in [1.29, 1.82) is 0 Å². The number of ether oxygens (including phenoxy) is 1. The van der Waals surface area contributed by atoms with Crippen molar-refractivity contribution < 1.29 is 9.53 Å². The summed E-state index contributed by atoms with van der Waals surface area (Å²) < 4.78 is 4.60. The fourth-order valence-electron chi connectivity index (χ4n) is 1.59. The molecule has 1 heterocycles. The van der Waals surface area contributed by atoms with E-state index in [0.717, 1.165) is 24.3 Å². The summed E-state index contributed by atoms with van der Waals surface area (Å²) in [6.45, 7) is 1.85. The largest absolute Gasteiger partial charge is 0.464 e. The van der Waals surface area contributed by atoms with Gasteiger partial charge in [-0.2, -0.15) is 0 Å². The maximum Gasteiger partial charge on any atom is 0.357 e. The Morgan fingerprint density at radius 1 is 1.71 bits per heavy atom. The molecule has 2 rings (SSSR count). The molecule has 1 aliphatic carbocycles. The number of nitrogens with zero attached hydrogens (tertiary/aromatic N) is 2. The minimum Gasteiger partial charge on any atom is -0.464 e. The van der Waals surface area contributed by atoms with Crippen LogP contribution in [0.4, 0.5) is 5.13 Å². The molecular formula is C11H17N3O2S. The first kappa shape index (κ1) is 12.3. The molecule has 17 heavy (non-hydrogen) atoms. The van der Waals surface area contributed by atoms with Gasteiger partial charge in [-0.05, 0) is 19.9 Å². The molecular weight excluding hydrogens is 238 g/mol. The van der Waals surface area contributed by atoms with Gasteiger partial charge in [0.05, 0.1) is 7.11 Å². The summed E-state index contributed by atoms with van der Waals surface area (Å²) in [6.07, 6.45) is 2.64. The number of hydrogen-bond donors (Lipinski definition) is 1. The van der Waals surface area contributed by atoms with E-state index in [1.165, 1.54) is 31.3 Å². The number of anilines is 1. The number of hydrogen-bond acceptors (Lipinski definition) is 6. The first-order valence-corrected chi connectivity index (χ1v) is 6.56. The number of thiazole rings is 1. The fraction of sp³-hybridized carbons (Fsp3) is 0.636. The van der Waals surface area contributed by atoms with E-state index >= 15 is 0 Å². The Morgan fingerprint density at radius 2 is 2.47 bits per heavy atom. The molecule has 94 valence electrons. The number of methoxy groups -OCH3 is 1. The summed E-state index contributed by atoms with van der Waals surface area (Å²) in [7, 11) is 3.50. The number of likely N-dealkylation sites (N-methyl/N-ethyl adjacent to an activating group) is 1. The summed E-state index contributed by atoms with van der Waals surface area (Å²) >= 11 is 1.43. The van der Waals surface area contributed by atoms with Crippen LogP contribution in [0.15, 0.2) is 5.38 Å². The predicted molar refractivity (Wildman–Crippen MR) is 67.6 cm³/mol. The molecule has 0 spiro atoms. The van der Waals surface area contributed by atoms with E-state index < -0.39 is 0 Å². The maximum absolute atomic E-state index is 11.2. The van der Waals surface area contributed by atoms with Gasteiger partial charge in [0.15, 0.2) is 10.8 Å². The summed E-state index contributed by atoms with van der Waals surface area (Å²) in [5, 5.41) is 5.70. The highest BCUT2D eigenvalue weighted by Gasteiger charge is 2.25. The number of carbonyl (C=O) groups excluding carboxylic acids is 1. The van der Waals surface area contributed by atoms with Gasteiger partial charge in [-0.25, -0.2) is 9.78 Å². The van der Waals surface area contributed by atoms with Crippen LogP contribution in [-0.4, -0.2) is 49.1 Å². The number of esters is 1. The second-order valence-corrected chi connectivity index (χ2v) is 5.03. The molecule has 1 aromatic rings. The lowest BCUT2D eigenvalue weighted by Gasteiger charge is -2.15. The Bertz CT molecular complexity index is 390. The third-order valence-electron chi connectivity index (χ3n) is 2.81. The van der Waals surface area contributed by atoms with Crippen LogP contribution in [0.5, 0.6) is 0 Å². The fourth-order valence-corrected chi connectivity index (χ4v) is 2.30. The second kappa shape index (κ2) is 5.46. The van der Waals surface area contributed by atoms with E-state index in [1.807, 2.05) is 0 Å². The van der Waals surface area contributed by atoms with Gasteiger partial charge in [-0.1, -0.05) is 0 Å². The van der Waals surface area contributed by atoms with Gasteiger partial charge in [0, 0.05) is 24.5 Å². The Kier molecular flexibility index (Phi) is 3.96. The molecule has 0 aliphatic heterocycles. The van der Waals surface area contributed by atoms with Crippen LogP contribution in [0, 0.1) is 0 Å². The molecule has 0 amide bonds. The summed E-state index contributed by atoms with van der Waals surface area (Å²) in [4.78, 5) is 17.7. The molecule has 1 aromatic heterocycles. The molecule has 1 N–H and O–H groups in total. The summed E-state index contributed by atoms with van der Waals surface area (Å²) in [5.41, 5.74) is 0.371. The monoisotopic (exact) mass is 255 g/mol. The lowest BCUT2D eigenvalue weighted by molar-refractivity contribution is 0.0595. The van der Waals surface area contributed by atoms with Crippen LogP contribution in [0.1, 0.15) is 23.3 Å². The average molecular weight is 255 g/mol. The first-order chi connectivity index (χ1) is 8.20. The van der Waals surface area contributed by atoms with Crippen LogP contribution in [-0.2, 0) is 4.74 Å². The van der Waals surface area contributed by atoms with Crippen molar-refractivity contribution in [1.82, 2.24) is 9.88 Å². The molecule has 0 unspecified atom stereocenters. The first-order valence-electron chi connectivity index (χ1n) is 5.68. The Hall–Kier alpha value is -1.14. The van der Waals surface area contributed by atoms with Gasteiger partial charge in [-0.3, -0.25) is 0 Å². The molecule has 1 saturated carbocycles. The smallest absolute Gasteiger partial charge is 0.357 e. The summed E-state index contributed by atoms with van der Waals surface area (Å²) in [5.74, 6) is -0.385. The van der Waals surface area contributed by atoms with Crippen molar-refractivity contribution in [2.75, 3.05) is 32.6 Å². The molecule has 0 radical (unpaired) electrons. The normalized spacial score (nSPS) is 15.0. The van der Waals surface area contributed by atoms with Gasteiger partial charge in [0.2, 0.25) is 0 Å². The molecule has 6 heteroatoms. The van der Waals surface area contributed by atoms with E-state index in [-0.39, 0.29) is 5.97 Å². The van der Waals surface area contributed by atoms with Crippen LogP contribution < -0.4 is 5.32 Å². The zero-order chi connectivity index (χ0) is 12.3. The zero-order valence-electron chi connectivity index (χ0n) is 10.1. The molecule has 1 fully saturated rings. The highest BCUT2D eigenvalue weighted by atomic mass is 32.1. The number of rotatable bonds is 6. The van der Waals surface area contributed by atoms with Crippen molar-refractivity contribution in [2.24, 2.45) is 0 Å². The van der Waals surface area contributed by atoms with Crippen molar-refractivity contribution in [3.63, 3.8) is 0 Å². The van der Waals surface area contributed by atoms with Gasteiger partial charge in [0.25, 0.3) is 0 Å². The standard InChI is InChI=1S/C11H17N3O2S/c1-14(8-3-4-8)6-5-12-11-13-9(7-17-11)10(15)16-2/h7-8H,3-6H2,1-2H3,(H,12,13). The Balaban J connectivity index is 1.74. The van der Waals surface area contributed by atoms with Crippen LogP contribution in [0.25, 0.3) is 0 Å². The van der Waals surface area contributed by atoms with Crippen LogP contribution in [0.2, 0.25) is 0 Å². The van der Waals surface area contributed by atoms with E-state index in [2.05, 4.69) is 27.0 Å². The molecule has 1 aliphatic rings. The summed E-state index contributed by atoms with van der Waals surface area (Å²) in [6, 6.07) is 0.777. The lowest BCUT2D eigenvalue weighted by Crippen LogP contribution is -2.26. The third kappa shape index (κ3) is 3.41. The van der Waals surface area contributed by atoms with Gasteiger partial charge in [-0.15, -0.1) is 11.3 Å².